The molecule has 0 aliphatic carbocycles. The molecule has 0 aromatic heterocycles. The summed E-state index contributed by atoms with van der Waals surface area (Å²) in [4.78, 5) is 2.02. The molecule has 1 aliphatic heterocycles. The van der Waals surface area contributed by atoms with Gasteiger partial charge in [0, 0.05) is 6.54 Å². The van der Waals surface area contributed by atoms with Crippen molar-refractivity contribution in [3.05, 3.63) is 35.9 Å². The van der Waals surface area contributed by atoms with Gasteiger partial charge in [0.25, 0.3) is 0 Å². The van der Waals surface area contributed by atoms with Gasteiger partial charge in [0.05, 0.1) is 19.3 Å². The van der Waals surface area contributed by atoms with Gasteiger partial charge in [-0.2, -0.15) is 0 Å². The smallest absolute Gasteiger partial charge is 0.166 e. The first-order chi connectivity index (χ1) is 7.29. The Morgan fingerprint density at radius 3 is 2.80 bits per heavy atom. The van der Waals surface area contributed by atoms with Crippen LogP contribution in [0.4, 0.5) is 0 Å². The Hall–Kier alpha value is -1.13. The average molecular weight is 222 g/mol. The van der Waals surface area contributed by atoms with Gasteiger partial charge in [0.1, 0.15) is 0 Å². The van der Waals surface area contributed by atoms with E-state index in [0.717, 1.165) is 6.54 Å². The van der Waals surface area contributed by atoms with Crippen LogP contribution >= 0.6 is 12.2 Å². The van der Waals surface area contributed by atoms with Gasteiger partial charge in [0.2, 0.25) is 0 Å². The Morgan fingerprint density at radius 2 is 2.13 bits per heavy atom. The maximum atomic E-state index is 5.70. The largest absolute Gasteiger partial charge is 0.377 e. The van der Waals surface area contributed by atoms with Crippen LogP contribution < -0.4 is 5.73 Å². The van der Waals surface area contributed by atoms with E-state index in [0.29, 0.717) is 18.3 Å². The fraction of sp³-hybridized carbons (Fsp3) is 0.364. The minimum Gasteiger partial charge on any atom is -0.377 e. The first kappa shape index (κ1) is 10.4. The lowest BCUT2D eigenvalue weighted by Crippen LogP contribution is -2.45. The van der Waals surface area contributed by atoms with E-state index in [1.807, 2.05) is 23.1 Å². The number of ether oxygens (including phenoxy) is 1. The zero-order valence-corrected chi connectivity index (χ0v) is 9.24. The molecule has 0 amide bonds. The summed E-state index contributed by atoms with van der Waals surface area (Å²) in [5.41, 5.74) is 6.90. The van der Waals surface area contributed by atoms with Crippen LogP contribution in [0.3, 0.4) is 0 Å². The lowest BCUT2D eigenvalue weighted by atomic mass is 10.1. The minimum absolute atomic E-state index is 0.164. The second-order valence-corrected chi connectivity index (χ2v) is 3.95. The number of hydrogen-bond acceptors (Lipinski definition) is 2. The monoisotopic (exact) mass is 222 g/mol. The molecule has 1 aromatic rings. The number of benzene rings is 1. The zero-order chi connectivity index (χ0) is 10.7. The van der Waals surface area contributed by atoms with Gasteiger partial charge in [-0.3, -0.25) is 0 Å². The molecule has 0 bridgehead atoms. The number of hydrogen-bond donors (Lipinski definition) is 1. The highest BCUT2D eigenvalue weighted by molar-refractivity contribution is 7.80. The van der Waals surface area contributed by atoms with Gasteiger partial charge in [-0.05, 0) is 17.8 Å². The van der Waals surface area contributed by atoms with Gasteiger partial charge in [-0.1, -0.05) is 30.3 Å². The van der Waals surface area contributed by atoms with Crippen molar-refractivity contribution in [3.8, 4) is 0 Å². The highest BCUT2D eigenvalue weighted by Crippen LogP contribution is 2.23. The number of nitrogens with two attached hydrogens (primary N) is 1. The van der Waals surface area contributed by atoms with Crippen molar-refractivity contribution in [1.29, 1.82) is 0 Å². The van der Waals surface area contributed by atoms with E-state index in [4.69, 9.17) is 22.7 Å². The second-order valence-electron chi connectivity index (χ2n) is 3.53. The fourth-order valence-corrected chi connectivity index (χ4v) is 2.04. The summed E-state index contributed by atoms with van der Waals surface area (Å²) < 4.78 is 5.46. The molecule has 1 fully saturated rings. The molecule has 2 rings (SSSR count). The van der Waals surface area contributed by atoms with Crippen LogP contribution in [0.25, 0.3) is 0 Å². The zero-order valence-electron chi connectivity index (χ0n) is 8.43. The normalized spacial score (nSPS) is 21.3. The average Bonchev–Trinajstić information content (AvgIpc) is 2.30. The predicted octanol–water partition coefficient (Wildman–Crippen LogP) is 1.30. The van der Waals surface area contributed by atoms with Crippen molar-refractivity contribution in [2.24, 2.45) is 5.73 Å². The first-order valence-electron chi connectivity index (χ1n) is 4.98. The van der Waals surface area contributed by atoms with Gasteiger partial charge >= 0.3 is 0 Å². The van der Waals surface area contributed by atoms with E-state index in [-0.39, 0.29) is 6.04 Å². The van der Waals surface area contributed by atoms with Crippen molar-refractivity contribution < 1.29 is 4.74 Å². The van der Waals surface area contributed by atoms with Gasteiger partial charge in [0.15, 0.2) is 5.11 Å². The summed E-state index contributed by atoms with van der Waals surface area (Å²) in [6.07, 6.45) is 0. The summed E-state index contributed by atoms with van der Waals surface area (Å²) in [6.45, 7) is 2.12. The summed E-state index contributed by atoms with van der Waals surface area (Å²) in [6, 6.07) is 10.3. The summed E-state index contributed by atoms with van der Waals surface area (Å²) in [7, 11) is 0. The van der Waals surface area contributed by atoms with E-state index in [1.165, 1.54) is 5.56 Å². The molecular formula is C11H14N2OS. The quantitative estimate of drug-likeness (QED) is 0.727. The van der Waals surface area contributed by atoms with Crippen LogP contribution in [0.2, 0.25) is 0 Å². The maximum absolute atomic E-state index is 5.70. The van der Waals surface area contributed by atoms with Crippen molar-refractivity contribution in [1.82, 2.24) is 4.90 Å². The number of rotatable bonds is 1. The maximum Gasteiger partial charge on any atom is 0.166 e. The molecule has 0 saturated carbocycles. The summed E-state index contributed by atoms with van der Waals surface area (Å²) in [5.74, 6) is 0. The molecule has 1 saturated heterocycles. The molecule has 3 nitrogen and oxygen atoms in total. The molecule has 0 radical (unpaired) electrons. The molecule has 0 spiro atoms. The molecular weight excluding hydrogens is 208 g/mol. The lowest BCUT2D eigenvalue weighted by molar-refractivity contribution is 0.0264. The van der Waals surface area contributed by atoms with Crippen molar-refractivity contribution >= 4 is 17.3 Å². The minimum atomic E-state index is 0.164. The van der Waals surface area contributed by atoms with E-state index in [1.54, 1.807) is 0 Å². The standard InChI is InChI=1S/C11H14N2OS/c12-11(15)13-6-7-14-8-10(13)9-4-2-1-3-5-9/h1-5,10H,6-8H2,(H2,12,15). The van der Waals surface area contributed by atoms with Gasteiger partial charge in [-0.25, -0.2) is 0 Å². The van der Waals surface area contributed by atoms with Gasteiger partial charge in [-0.15, -0.1) is 0 Å². The van der Waals surface area contributed by atoms with Crippen molar-refractivity contribution in [3.63, 3.8) is 0 Å². The Morgan fingerprint density at radius 1 is 1.40 bits per heavy atom. The Kier molecular flexibility index (Phi) is 3.18. The Balaban J connectivity index is 2.22. The van der Waals surface area contributed by atoms with Gasteiger partial charge < -0.3 is 15.4 Å². The van der Waals surface area contributed by atoms with E-state index in [9.17, 15) is 0 Å². The predicted molar refractivity (Wildman–Crippen MR) is 63.5 cm³/mol. The Bertz CT molecular complexity index is 342. The molecule has 1 heterocycles. The molecule has 15 heavy (non-hydrogen) atoms. The third kappa shape index (κ3) is 2.27. The van der Waals surface area contributed by atoms with Crippen LogP contribution in [0.1, 0.15) is 11.6 Å². The molecule has 1 atom stereocenters. The molecule has 1 aliphatic rings. The number of morpholine rings is 1. The van der Waals surface area contributed by atoms with Crippen LogP contribution in [0.15, 0.2) is 30.3 Å². The fourth-order valence-electron chi connectivity index (χ4n) is 1.82. The number of thiocarbonyl (C=S) groups is 1. The third-order valence-electron chi connectivity index (χ3n) is 2.60. The molecule has 1 aromatic carbocycles. The first-order valence-corrected chi connectivity index (χ1v) is 5.38. The lowest BCUT2D eigenvalue weighted by Gasteiger charge is -2.36. The van der Waals surface area contributed by atoms with Crippen LogP contribution in [0.5, 0.6) is 0 Å². The Labute approximate surface area is 94.8 Å². The SMILES string of the molecule is NC(=S)N1CCOCC1c1ccccc1. The summed E-state index contributed by atoms with van der Waals surface area (Å²) in [5, 5.41) is 0.451. The van der Waals surface area contributed by atoms with Crippen LogP contribution in [-0.2, 0) is 4.74 Å². The molecule has 4 heteroatoms. The third-order valence-corrected chi connectivity index (χ3v) is 2.83. The van der Waals surface area contributed by atoms with E-state index >= 15 is 0 Å². The highest BCUT2D eigenvalue weighted by Gasteiger charge is 2.24. The second kappa shape index (κ2) is 4.59. The summed E-state index contributed by atoms with van der Waals surface area (Å²) >= 11 is 5.04. The van der Waals surface area contributed by atoms with Crippen molar-refractivity contribution in [2.75, 3.05) is 19.8 Å². The van der Waals surface area contributed by atoms with Crippen LogP contribution in [0, 0.1) is 0 Å². The topological polar surface area (TPSA) is 38.5 Å². The van der Waals surface area contributed by atoms with Crippen molar-refractivity contribution in [2.45, 2.75) is 6.04 Å². The van der Waals surface area contributed by atoms with Crippen LogP contribution in [-0.4, -0.2) is 29.8 Å². The molecule has 2 N–H and O–H groups in total. The highest BCUT2D eigenvalue weighted by atomic mass is 32.1. The number of nitrogens with zero attached hydrogens (tertiary/aromatic N) is 1. The van der Waals surface area contributed by atoms with E-state index in [2.05, 4.69) is 12.1 Å². The van der Waals surface area contributed by atoms with E-state index < -0.39 is 0 Å². The molecule has 80 valence electrons. The molecule has 1 unspecified atom stereocenters.